The molecule has 0 saturated heterocycles. The maximum Gasteiger partial charge on any atom is 0.305 e. The molecule has 0 heterocycles. The van der Waals surface area contributed by atoms with E-state index in [4.69, 9.17) is 9.84 Å². The van der Waals surface area contributed by atoms with E-state index in [2.05, 4.69) is 5.32 Å². The number of hydrogen-bond donors (Lipinski definition) is 2. The van der Waals surface area contributed by atoms with Crippen LogP contribution in [0.5, 0.6) is 5.75 Å². The molecule has 1 aromatic rings. The van der Waals surface area contributed by atoms with Crippen LogP contribution in [-0.2, 0) is 9.59 Å². The van der Waals surface area contributed by atoms with Crippen molar-refractivity contribution in [2.45, 2.75) is 19.4 Å². The quantitative estimate of drug-likeness (QED) is 0.819. The van der Waals surface area contributed by atoms with E-state index in [1.54, 1.807) is 0 Å². The van der Waals surface area contributed by atoms with Crippen molar-refractivity contribution in [2.75, 3.05) is 6.54 Å². The summed E-state index contributed by atoms with van der Waals surface area (Å²) in [5, 5.41) is 10.7. The average molecular weight is 273 g/mol. The summed E-state index contributed by atoms with van der Waals surface area (Å²) >= 11 is 0. The summed E-state index contributed by atoms with van der Waals surface area (Å²) in [6.07, 6.45) is -1.15. The van der Waals surface area contributed by atoms with Gasteiger partial charge in [0.2, 0.25) is 0 Å². The molecular weight excluding hydrogens is 260 g/mol. The van der Waals surface area contributed by atoms with Gasteiger partial charge in [0.05, 0.1) is 6.42 Å². The third-order valence-corrected chi connectivity index (χ3v) is 2.21. The number of ether oxygens (including phenoxy) is 1. The van der Waals surface area contributed by atoms with E-state index in [1.165, 1.54) is 13.0 Å². The van der Waals surface area contributed by atoms with Crippen molar-refractivity contribution < 1.29 is 28.2 Å². The minimum Gasteiger partial charge on any atom is -0.481 e. The van der Waals surface area contributed by atoms with Crippen LogP contribution in [0.25, 0.3) is 0 Å². The molecule has 0 aliphatic carbocycles. The maximum absolute atomic E-state index is 12.9. The van der Waals surface area contributed by atoms with Crippen LogP contribution in [0.3, 0.4) is 0 Å². The number of carbonyl (C=O) groups excluding carboxylic acids is 1. The number of carboxylic acids is 1. The third kappa shape index (κ3) is 4.90. The molecule has 1 rings (SSSR count). The summed E-state index contributed by atoms with van der Waals surface area (Å²) in [7, 11) is 0. The monoisotopic (exact) mass is 273 g/mol. The highest BCUT2D eigenvalue weighted by Gasteiger charge is 2.15. The fourth-order valence-electron chi connectivity index (χ4n) is 1.24. The molecule has 5 nitrogen and oxygen atoms in total. The zero-order valence-corrected chi connectivity index (χ0v) is 10.2. The number of carbonyl (C=O) groups is 2. The molecule has 7 heteroatoms. The number of benzene rings is 1. The van der Waals surface area contributed by atoms with Crippen LogP contribution in [0.2, 0.25) is 0 Å². The smallest absolute Gasteiger partial charge is 0.305 e. The van der Waals surface area contributed by atoms with Crippen LogP contribution in [0.15, 0.2) is 18.2 Å². The molecule has 1 unspecified atom stereocenters. The lowest BCUT2D eigenvalue weighted by Crippen LogP contribution is -2.37. The van der Waals surface area contributed by atoms with E-state index in [1.807, 2.05) is 0 Å². The van der Waals surface area contributed by atoms with Gasteiger partial charge in [0.15, 0.2) is 17.7 Å². The first kappa shape index (κ1) is 14.9. The largest absolute Gasteiger partial charge is 0.481 e. The Labute approximate surface area is 108 Å². The van der Waals surface area contributed by atoms with Crippen molar-refractivity contribution in [2.24, 2.45) is 0 Å². The fourth-order valence-corrected chi connectivity index (χ4v) is 1.24. The van der Waals surface area contributed by atoms with Crippen LogP contribution in [0, 0.1) is 11.6 Å². The average Bonchev–Trinajstić information content (AvgIpc) is 2.33. The lowest BCUT2D eigenvalue weighted by Gasteiger charge is -2.14. The Morgan fingerprint density at radius 1 is 1.37 bits per heavy atom. The molecule has 0 spiro atoms. The number of rotatable bonds is 6. The molecule has 0 aliphatic rings. The Bertz CT molecular complexity index is 479. The van der Waals surface area contributed by atoms with E-state index in [9.17, 15) is 18.4 Å². The molecule has 104 valence electrons. The Balaban J connectivity index is 2.49. The fraction of sp³-hybridized carbons (Fsp3) is 0.333. The van der Waals surface area contributed by atoms with Crippen LogP contribution in [0.1, 0.15) is 13.3 Å². The predicted molar refractivity (Wildman–Crippen MR) is 61.7 cm³/mol. The zero-order valence-electron chi connectivity index (χ0n) is 10.2. The highest BCUT2D eigenvalue weighted by molar-refractivity contribution is 5.81. The summed E-state index contributed by atoms with van der Waals surface area (Å²) in [4.78, 5) is 21.7. The van der Waals surface area contributed by atoms with Gasteiger partial charge in [0, 0.05) is 12.6 Å². The predicted octanol–water partition coefficient (Wildman–Crippen LogP) is 1.32. The van der Waals surface area contributed by atoms with Crippen molar-refractivity contribution in [3.63, 3.8) is 0 Å². The standard InChI is InChI=1S/C12H13F2NO4/c1-7(12(18)15-5-4-11(16)17)19-8-2-3-9(13)10(14)6-8/h2-3,6-7H,4-5H2,1H3,(H,15,18)(H,16,17). The molecule has 2 N–H and O–H groups in total. The summed E-state index contributed by atoms with van der Waals surface area (Å²) in [6, 6.07) is 2.91. The van der Waals surface area contributed by atoms with Crippen molar-refractivity contribution in [1.29, 1.82) is 0 Å². The highest BCUT2D eigenvalue weighted by Crippen LogP contribution is 2.16. The van der Waals surface area contributed by atoms with Gasteiger partial charge in [0.25, 0.3) is 5.91 Å². The molecule has 0 fully saturated rings. The molecule has 0 aromatic heterocycles. The molecule has 1 aromatic carbocycles. The van der Waals surface area contributed by atoms with Gasteiger partial charge in [-0.15, -0.1) is 0 Å². The molecule has 1 atom stereocenters. The van der Waals surface area contributed by atoms with Gasteiger partial charge in [-0.1, -0.05) is 0 Å². The normalized spacial score (nSPS) is 11.7. The molecular formula is C12H13F2NO4. The summed E-state index contributed by atoms with van der Waals surface area (Å²) in [6.45, 7) is 1.39. The van der Waals surface area contributed by atoms with Gasteiger partial charge >= 0.3 is 5.97 Å². The maximum atomic E-state index is 12.9. The second kappa shape index (κ2) is 6.67. The minimum absolute atomic E-state index is 0.0137. The van der Waals surface area contributed by atoms with Crippen molar-refractivity contribution >= 4 is 11.9 Å². The number of amides is 1. The Morgan fingerprint density at radius 2 is 2.05 bits per heavy atom. The topological polar surface area (TPSA) is 75.6 Å². The van der Waals surface area contributed by atoms with Crippen LogP contribution < -0.4 is 10.1 Å². The van der Waals surface area contributed by atoms with E-state index >= 15 is 0 Å². The number of halogens is 2. The van der Waals surface area contributed by atoms with Gasteiger partial charge < -0.3 is 15.2 Å². The number of carboxylic acid groups (broad SMARTS) is 1. The number of nitrogens with one attached hydrogen (secondary N) is 1. The van der Waals surface area contributed by atoms with Crippen molar-refractivity contribution in [1.82, 2.24) is 5.32 Å². The van der Waals surface area contributed by atoms with Crippen LogP contribution in [0.4, 0.5) is 8.78 Å². The molecule has 0 radical (unpaired) electrons. The molecule has 19 heavy (non-hydrogen) atoms. The summed E-state index contributed by atoms with van der Waals surface area (Å²) in [5.74, 6) is -3.64. The number of hydrogen-bond acceptors (Lipinski definition) is 3. The van der Waals surface area contributed by atoms with Crippen LogP contribution >= 0.6 is 0 Å². The highest BCUT2D eigenvalue weighted by atomic mass is 19.2. The van der Waals surface area contributed by atoms with E-state index < -0.39 is 29.6 Å². The Morgan fingerprint density at radius 3 is 2.63 bits per heavy atom. The Kier molecular flexibility index (Phi) is 5.23. The molecule has 1 amide bonds. The molecule has 0 aliphatic heterocycles. The van der Waals surface area contributed by atoms with Gasteiger partial charge in [-0.2, -0.15) is 0 Å². The van der Waals surface area contributed by atoms with Gasteiger partial charge in [0.1, 0.15) is 5.75 Å². The van der Waals surface area contributed by atoms with E-state index in [0.717, 1.165) is 12.1 Å². The SMILES string of the molecule is CC(Oc1ccc(F)c(F)c1)C(=O)NCCC(=O)O. The first-order valence-electron chi connectivity index (χ1n) is 5.51. The minimum atomic E-state index is -1.07. The van der Waals surface area contributed by atoms with E-state index in [-0.39, 0.29) is 18.7 Å². The van der Waals surface area contributed by atoms with Crippen LogP contribution in [-0.4, -0.2) is 29.6 Å². The third-order valence-electron chi connectivity index (χ3n) is 2.21. The summed E-state index contributed by atoms with van der Waals surface area (Å²) < 4.78 is 30.7. The van der Waals surface area contributed by atoms with Crippen molar-refractivity contribution in [3.05, 3.63) is 29.8 Å². The first-order valence-corrected chi connectivity index (χ1v) is 5.51. The second-order valence-corrected chi connectivity index (χ2v) is 3.77. The van der Waals surface area contributed by atoms with Crippen molar-refractivity contribution in [3.8, 4) is 5.75 Å². The summed E-state index contributed by atoms with van der Waals surface area (Å²) in [5.41, 5.74) is 0. The van der Waals surface area contributed by atoms with Gasteiger partial charge in [-0.05, 0) is 19.1 Å². The molecule has 0 saturated carbocycles. The second-order valence-electron chi connectivity index (χ2n) is 3.77. The Hall–Kier alpha value is -2.18. The molecule has 0 bridgehead atoms. The lowest BCUT2D eigenvalue weighted by molar-refractivity contribution is -0.137. The van der Waals surface area contributed by atoms with E-state index in [0.29, 0.717) is 0 Å². The van der Waals surface area contributed by atoms with Gasteiger partial charge in [-0.25, -0.2) is 8.78 Å². The first-order chi connectivity index (χ1) is 8.90. The zero-order chi connectivity index (χ0) is 14.4. The number of aliphatic carboxylic acids is 1. The lowest BCUT2D eigenvalue weighted by atomic mass is 10.3. The van der Waals surface area contributed by atoms with Gasteiger partial charge in [-0.3, -0.25) is 9.59 Å².